The lowest BCUT2D eigenvalue weighted by Crippen LogP contribution is -2.14. The van der Waals surface area contributed by atoms with Crippen LogP contribution < -0.4 is 14.8 Å². The van der Waals surface area contributed by atoms with Crippen LogP contribution in [0.2, 0.25) is 0 Å². The van der Waals surface area contributed by atoms with Gasteiger partial charge in [-0.1, -0.05) is 36.4 Å². The standard InChI is InChI=1S/C24H18BrN3O5/c1-32-23-12-17(7-10-22(23)33-15-16-5-3-2-4-6-16)11-18(14-26)24(29)27-21-9-8-19(28(30)31)13-20(21)25/h2-13H,15H2,1H3,(H,27,29)/b18-11+. The number of nitriles is 1. The first kappa shape index (κ1) is 23.5. The van der Waals surface area contributed by atoms with Gasteiger partial charge in [0, 0.05) is 16.6 Å². The van der Waals surface area contributed by atoms with Gasteiger partial charge in [0.15, 0.2) is 11.5 Å². The molecule has 0 aromatic heterocycles. The molecular weight excluding hydrogens is 490 g/mol. The Bertz CT molecular complexity index is 1250. The molecule has 1 amide bonds. The summed E-state index contributed by atoms with van der Waals surface area (Å²) in [6.07, 6.45) is 1.41. The van der Waals surface area contributed by atoms with Crippen molar-refractivity contribution in [1.29, 1.82) is 5.26 Å². The second-order valence-electron chi connectivity index (χ2n) is 6.73. The molecule has 3 rings (SSSR count). The average Bonchev–Trinajstić information content (AvgIpc) is 2.83. The van der Waals surface area contributed by atoms with E-state index in [2.05, 4.69) is 21.2 Å². The molecule has 0 atom stereocenters. The monoisotopic (exact) mass is 507 g/mol. The third-order valence-corrected chi connectivity index (χ3v) is 5.17. The number of nitrogens with one attached hydrogen (secondary N) is 1. The molecule has 1 N–H and O–H groups in total. The van der Waals surface area contributed by atoms with Crippen molar-refractivity contribution in [2.45, 2.75) is 6.61 Å². The summed E-state index contributed by atoms with van der Waals surface area (Å²) in [4.78, 5) is 22.9. The molecular formula is C24H18BrN3O5. The van der Waals surface area contributed by atoms with Crippen molar-refractivity contribution in [3.8, 4) is 17.6 Å². The first-order valence-corrected chi connectivity index (χ1v) is 10.4. The number of non-ortho nitro benzene ring substituents is 1. The van der Waals surface area contributed by atoms with Crippen LogP contribution in [0.15, 0.2) is 76.8 Å². The number of ether oxygens (including phenoxy) is 2. The molecule has 0 unspecified atom stereocenters. The smallest absolute Gasteiger partial charge is 0.270 e. The predicted molar refractivity (Wildman–Crippen MR) is 127 cm³/mol. The number of carbonyl (C=O) groups excluding carboxylic acids is 1. The number of methoxy groups -OCH3 is 1. The minimum Gasteiger partial charge on any atom is -0.493 e. The zero-order chi connectivity index (χ0) is 23.8. The third-order valence-electron chi connectivity index (χ3n) is 4.51. The summed E-state index contributed by atoms with van der Waals surface area (Å²) >= 11 is 3.19. The van der Waals surface area contributed by atoms with Crippen molar-refractivity contribution < 1.29 is 19.2 Å². The molecule has 0 radical (unpaired) electrons. The number of hydrogen-bond donors (Lipinski definition) is 1. The predicted octanol–water partition coefficient (Wildman–Crippen LogP) is 5.49. The van der Waals surface area contributed by atoms with E-state index < -0.39 is 10.8 Å². The van der Waals surface area contributed by atoms with Gasteiger partial charge in [0.2, 0.25) is 0 Å². The highest BCUT2D eigenvalue weighted by molar-refractivity contribution is 9.10. The number of halogens is 1. The van der Waals surface area contributed by atoms with Crippen LogP contribution in [-0.2, 0) is 11.4 Å². The van der Waals surface area contributed by atoms with Gasteiger partial charge >= 0.3 is 0 Å². The van der Waals surface area contributed by atoms with Gasteiger partial charge < -0.3 is 14.8 Å². The van der Waals surface area contributed by atoms with Crippen LogP contribution in [0.5, 0.6) is 11.5 Å². The Kier molecular flexibility index (Phi) is 7.78. The maximum atomic E-state index is 12.6. The van der Waals surface area contributed by atoms with Crippen LogP contribution in [0.25, 0.3) is 6.08 Å². The average molecular weight is 508 g/mol. The summed E-state index contributed by atoms with van der Waals surface area (Å²) in [5.41, 5.74) is 1.59. The molecule has 0 saturated carbocycles. The van der Waals surface area contributed by atoms with Crippen LogP contribution in [-0.4, -0.2) is 17.9 Å². The molecule has 0 heterocycles. The van der Waals surface area contributed by atoms with E-state index in [1.165, 1.54) is 31.4 Å². The van der Waals surface area contributed by atoms with E-state index in [9.17, 15) is 20.2 Å². The van der Waals surface area contributed by atoms with Crippen LogP contribution in [0.3, 0.4) is 0 Å². The molecule has 0 aliphatic rings. The first-order chi connectivity index (χ1) is 15.9. The maximum absolute atomic E-state index is 12.6. The van der Waals surface area contributed by atoms with Gasteiger partial charge in [-0.05, 0) is 51.3 Å². The van der Waals surface area contributed by atoms with Gasteiger partial charge in [0.05, 0.1) is 17.7 Å². The molecule has 0 spiro atoms. The van der Waals surface area contributed by atoms with Crippen molar-refractivity contribution in [1.82, 2.24) is 0 Å². The number of carbonyl (C=O) groups is 1. The lowest BCUT2D eigenvalue weighted by Gasteiger charge is -2.12. The van der Waals surface area contributed by atoms with Gasteiger partial charge in [0.25, 0.3) is 11.6 Å². The third kappa shape index (κ3) is 6.18. The number of nitro benzene ring substituents is 1. The maximum Gasteiger partial charge on any atom is 0.270 e. The molecule has 3 aromatic rings. The summed E-state index contributed by atoms with van der Waals surface area (Å²) in [5.74, 6) is 0.321. The van der Waals surface area contributed by atoms with Gasteiger partial charge in [-0.25, -0.2) is 0 Å². The Labute approximate surface area is 198 Å². The lowest BCUT2D eigenvalue weighted by molar-refractivity contribution is -0.384. The van der Waals surface area contributed by atoms with E-state index in [1.807, 2.05) is 36.4 Å². The molecule has 3 aromatic carbocycles. The highest BCUT2D eigenvalue weighted by Crippen LogP contribution is 2.30. The fourth-order valence-corrected chi connectivity index (χ4v) is 3.32. The summed E-state index contributed by atoms with van der Waals surface area (Å²) < 4.78 is 11.5. The zero-order valence-corrected chi connectivity index (χ0v) is 19.0. The molecule has 0 fully saturated rings. The number of nitro groups is 1. The molecule has 33 heavy (non-hydrogen) atoms. The minimum absolute atomic E-state index is 0.127. The number of amides is 1. The van der Waals surface area contributed by atoms with Crippen molar-refractivity contribution in [2.24, 2.45) is 0 Å². The number of nitrogens with zero attached hydrogens (tertiary/aromatic N) is 2. The van der Waals surface area contributed by atoms with Crippen LogP contribution in [0, 0.1) is 21.4 Å². The number of benzene rings is 3. The summed E-state index contributed by atoms with van der Waals surface area (Å²) in [6, 6.07) is 20.5. The molecule has 166 valence electrons. The van der Waals surface area contributed by atoms with Crippen LogP contribution >= 0.6 is 15.9 Å². The van der Waals surface area contributed by atoms with Crippen molar-refractivity contribution in [3.05, 3.63) is 98.0 Å². The molecule has 9 heteroatoms. The minimum atomic E-state index is -0.657. The van der Waals surface area contributed by atoms with E-state index in [-0.39, 0.29) is 11.3 Å². The van der Waals surface area contributed by atoms with Gasteiger partial charge in [-0.2, -0.15) is 5.26 Å². The highest BCUT2D eigenvalue weighted by Gasteiger charge is 2.15. The van der Waals surface area contributed by atoms with Crippen molar-refractivity contribution in [3.63, 3.8) is 0 Å². The first-order valence-electron chi connectivity index (χ1n) is 9.63. The molecule has 0 bridgehead atoms. The number of anilines is 1. The van der Waals surface area contributed by atoms with E-state index >= 15 is 0 Å². The molecule has 8 nitrogen and oxygen atoms in total. The lowest BCUT2D eigenvalue weighted by atomic mass is 10.1. The van der Waals surface area contributed by atoms with E-state index in [0.717, 1.165) is 5.56 Å². The summed E-state index contributed by atoms with van der Waals surface area (Å²) in [7, 11) is 1.50. The second kappa shape index (κ2) is 10.9. The molecule has 0 saturated heterocycles. The normalized spacial score (nSPS) is 10.8. The molecule has 0 aliphatic heterocycles. The fraction of sp³-hybridized carbons (Fsp3) is 0.0833. The van der Waals surface area contributed by atoms with Crippen molar-refractivity contribution in [2.75, 3.05) is 12.4 Å². The van der Waals surface area contributed by atoms with Gasteiger partial charge in [-0.3, -0.25) is 14.9 Å². The zero-order valence-electron chi connectivity index (χ0n) is 17.4. The Balaban J connectivity index is 1.76. The van der Waals surface area contributed by atoms with Crippen LogP contribution in [0.4, 0.5) is 11.4 Å². The highest BCUT2D eigenvalue weighted by atomic mass is 79.9. The SMILES string of the molecule is COc1cc(/C=C(\C#N)C(=O)Nc2ccc([N+](=O)[O-])cc2Br)ccc1OCc1ccccc1. The summed E-state index contributed by atoms with van der Waals surface area (Å²) in [6.45, 7) is 0.363. The van der Waals surface area contributed by atoms with Crippen molar-refractivity contribution >= 4 is 39.3 Å². The Morgan fingerprint density at radius 3 is 2.55 bits per heavy atom. The Morgan fingerprint density at radius 1 is 1.15 bits per heavy atom. The second-order valence-corrected chi connectivity index (χ2v) is 7.58. The van der Waals surface area contributed by atoms with Crippen LogP contribution in [0.1, 0.15) is 11.1 Å². The quantitative estimate of drug-likeness (QED) is 0.186. The molecule has 0 aliphatic carbocycles. The van der Waals surface area contributed by atoms with E-state index in [1.54, 1.807) is 18.2 Å². The van der Waals surface area contributed by atoms with E-state index in [4.69, 9.17) is 9.47 Å². The number of hydrogen-bond acceptors (Lipinski definition) is 6. The van der Waals surface area contributed by atoms with Gasteiger partial charge in [-0.15, -0.1) is 0 Å². The van der Waals surface area contributed by atoms with E-state index in [0.29, 0.717) is 33.8 Å². The Morgan fingerprint density at radius 2 is 1.91 bits per heavy atom. The fourth-order valence-electron chi connectivity index (χ4n) is 2.85. The topological polar surface area (TPSA) is 114 Å². The number of rotatable bonds is 8. The van der Waals surface area contributed by atoms with Gasteiger partial charge in [0.1, 0.15) is 18.2 Å². The Hall–Kier alpha value is -4.16. The summed E-state index contributed by atoms with van der Waals surface area (Å²) in [5, 5.41) is 22.9. The largest absolute Gasteiger partial charge is 0.493 e.